The number of hydrogen-bond acceptors (Lipinski definition) is 3. The van der Waals surface area contributed by atoms with Crippen LogP contribution in [-0.2, 0) is 9.53 Å². The lowest BCUT2D eigenvalue weighted by Gasteiger charge is -2.12. The van der Waals surface area contributed by atoms with Crippen molar-refractivity contribution in [3.05, 3.63) is 0 Å². The van der Waals surface area contributed by atoms with Gasteiger partial charge in [0.15, 0.2) is 6.23 Å². The lowest BCUT2D eigenvalue weighted by molar-refractivity contribution is -0.149. The molecule has 0 rings (SSSR count). The van der Waals surface area contributed by atoms with Gasteiger partial charge in [-0.3, -0.25) is 10.5 Å². The summed E-state index contributed by atoms with van der Waals surface area (Å²) in [7, 11) is 0. The number of nitrogens with two attached hydrogens (primary N) is 1. The first-order valence-electron chi connectivity index (χ1n) is 8.15. The van der Waals surface area contributed by atoms with Gasteiger partial charge in [-0.2, -0.15) is 0 Å². The third kappa shape index (κ3) is 13.7. The number of unbranched alkanes of at least 4 members (excludes halogenated alkanes) is 8. The Labute approximate surface area is 119 Å². The lowest BCUT2D eigenvalue weighted by Crippen LogP contribution is -2.26. The maximum Gasteiger partial charge on any atom is 0.307 e. The summed E-state index contributed by atoms with van der Waals surface area (Å²) in [6.45, 7) is 4.34. The first-order valence-corrected chi connectivity index (χ1v) is 8.15. The average Bonchev–Trinajstić information content (AvgIpc) is 2.39. The largest absolute Gasteiger partial charge is 0.447 e. The molecule has 3 heteroatoms. The molecule has 0 heterocycles. The summed E-state index contributed by atoms with van der Waals surface area (Å²) in [5.74, 6) is -0.130. The SMILES string of the molecule is CCCCCCCCCCC(=O)OC(N)CCCC. The molecule has 3 nitrogen and oxygen atoms in total. The predicted molar refractivity (Wildman–Crippen MR) is 80.8 cm³/mol. The van der Waals surface area contributed by atoms with Gasteiger partial charge in [0.1, 0.15) is 0 Å². The maximum absolute atomic E-state index is 11.5. The van der Waals surface area contributed by atoms with E-state index < -0.39 is 6.23 Å². The molecular formula is C16H33NO2. The molecule has 0 aliphatic heterocycles. The Hall–Kier alpha value is -0.570. The van der Waals surface area contributed by atoms with Crippen molar-refractivity contribution in [1.82, 2.24) is 0 Å². The van der Waals surface area contributed by atoms with Crippen molar-refractivity contribution in [1.29, 1.82) is 0 Å². The summed E-state index contributed by atoms with van der Waals surface area (Å²) in [6.07, 6.45) is 12.9. The second-order valence-corrected chi connectivity index (χ2v) is 5.40. The predicted octanol–water partition coefficient (Wildman–Crippen LogP) is 4.54. The summed E-state index contributed by atoms with van der Waals surface area (Å²) in [5.41, 5.74) is 5.72. The fourth-order valence-corrected chi connectivity index (χ4v) is 2.10. The first kappa shape index (κ1) is 18.4. The van der Waals surface area contributed by atoms with Crippen LogP contribution >= 0.6 is 0 Å². The zero-order chi connectivity index (χ0) is 14.3. The van der Waals surface area contributed by atoms with E-state index in [1.165, 1.54) is 38.5 Å². The van der Waals surface area contributed by atoms with Crippen molar-refractivity contribution in [2.75, 3.05) is 0 Å². The first-order chi connectivity index (χ1) is 9.20. The summed E-state index contributed by atoms with van der Waals surface area (Å²) in [6, 6.07) is 0. The smallest absolute Gasteiger partial charge is 0.307 e. The van der Waals surface area contributed by atoms with E-state index in [0.29, 0.717) is 6.42 Å². The molecule has 1 atom stereocenters. The number of rotatable bonds is 13. The highest BCUT2D eigenvalue weighted by atomic mass is 16.6. The van der Waals surface area contributed by atoms with Crippen molar-refractivity contribution < 1.29 is 9.53 Å². The van der Waals surface area contributed by atoms with E-state index in [1.807, 2.05) is 0 Å². The Morgan fingerprint density at radius 1 is 0.895 bits per heavy atom. The molecule has 0 saturated carbocycles. The van der Waals surface area contributed by atoms with Crippen LogP contribution in [0.25, 0.3) is 0 Å². The Bertz CT molecular complexity index is 207. The zero-order valence-electron chi connectivity index (χ0n) is 13.0. The quantitative estimate of drug-likeness (QED) is 0.304. The fourth-order valence-electron chi connectivity index (χ4n) is 2.10. The molecule has 0 aliphatic rings. The summed E-state index contributed by atoms with van der Waals surface area (Å²) in [4.78, 5) is 11.5. The molecular weight excluding hydrogens is 238 g/mol. The number of carbonyl (C=O) groups excluding carboxylic acids is 1. The van der Waals surface area contributed by atoms with Crippen LogP contribution in [0.1, 0.15) is 90.9 Å². The highest BCUT2D eigenvalue weighted by molar-refractivity contribution is 5.69. The van der Waals surface area contributed by atoms with E-state index in [4.69, 9.17) is 10.5 Å². The number of esters is 1. The van der Waals surface area contributed by atoms with E-state index in [2.05, 4.69) is 13.8 Å². The van der Waals surface area contributed by atoms with Crippen LogP contribution < -0.4 is 5.73 Å². The highest BCUT2D eigenvalue weighted by Gasteiger charge is 2.08. The second kappa shape index (κ2) is 13.9. The fraction of sp³-hybridized carbons (Fsp3) is 0.938. The molecule has 0 bridgehead atoms. The van der Waals surface area contributed by atoms with Crippen LogP contribution in [0.2, 0.25) is 0 Å². The van der Waals surface area contributed by atoms with E-state index in [9.17, 15) is 4.79 Å². The summed E-state index contributed by atoms with van der Waals surface area (Å²) < 4.78 is 5.15. The van der Waals surface area contributed by atoms with Gasteiger partial charge in [-0.15, -0.1) is 0 Å². The van der Waals surface area contributed by atoms with E-state index in [0.717, 1.165) is 32.1 Å². The molecule has 0 aliphatic carbocycles. The molecule has 114 valence electrons. The standard InChI is InChI=1S/C16H33NO2/c1-3-5-7-8-9-10-11-12-14-16(18)19-15(17)13-6-4-2/h15H,3-14,17H2,1-2H3. The van der Waals surface area contributed by atoms with E-state index in [1.54, 1.807) is 0 Å². The molecule has 0 radical (unpaired) electrons. The molecule has 19 heavy (non-hydrogen) atoms. The van der Waals surface area contributed by atoms with Gasteiger partial charge < -0.3 is 4.74 Å². The Morgan fingerprint density at radius 2 is 1.42 bits per heavy atom. The van der Waals surface area contributed by atoms with Crippen molar-refractivity contribution in [3.8, 4) is 0 Å². The van der Waals surface area contributed by atoms with Gasteiger partial charge in [-0.1, -0.05) is 65.2 Å². The van der Waals surface area contributed by atoms with Crippen molar-refractivity contribution in [2.24, 2.45) is 5.73 Å². The van der Waals surface area contributed by atoms with Crippen molar-refractivity contribution in [2.45, 2.75) is 97.1 Å². The molecule has 0 fully saturated rings. The third-order valence-electron chi connectivity index (χ3n) is 3.36. The van der Waals surface area contributed by atoms with Crippen LogP contribution in [0.15, 0.2) is 0 Å². The highest BCUT2D eigenvalue weighted by Crippen LogP contribution is 2.10. The zero-order valence-corrected chi connectivity index (χ0v) is 13.0. The van der Waals surface area contributed by atoms with Crippen LogP contribution in [0.3, 0.4) is 0 Å². The van der Waals surface area contributed by atoms with Gasteiger partial charge in [0.25, 0.3) is 0 Å². The minimum absolute atomic E-state index is 0.130. The Morgan fingerprint density at radius 3 is 2.00 bits per heavy atom. The van der Waals surface area contributed by atoms with Crippen molar-refractivity contribution >= 4 is 5.97 Å². The van der Waals surface area contributed by atoms with E-state index in [-0.39, 0.29) is 5.97 Å². The van der Waals surface area contributed by atoms with Crippen LogP contribution in [-0.4, -0.2) is 12.2 Å². The second-order valence-electron chi connectivity index (χ2n) is 5.40. The van der Waals surface area contributed by atoms with Gasteiger partial charge in [-0.05, 0) is 19.3 Å². The summed E-state index contributed by atoms with van der Waals surface area (Å²) in [5, 5.41) is 0. The number of ether oxygens (including phenoxy) is 1. The monoisotopic (exact) mass is 271 g/mol. The normalized spacial score (nSPS) is 12.4. The molecule has 0 aromatic rings. The minimum Gasteiger partial charge on any atom is -0.447 e. The van der Waals surface area contributed by atoms with Crippen LogP contribution in [0.4, 0.5) is 0 Å². The molecule has 1 unspecified atom stereocenters. The Kier molecular flexibility index (Phi) is 13.4. The molecule has 0 spiro atoms. The molecule has 0 saturated heterocycles. The topological polar surface area (TPSA) is 52.3 Å². The minimum atomic E-state index is -0.401. The van der Waals surface area contributed by atoms with Crippen LogP contribution in [0.5, 0.6) is 0 Å². The van der Waals surface area contributed by atoms with Gasteiger partial charge in [0.2, 0.25) is 0 Å². The van der Waals surface area contributed by atoms with E-state index >= 15 is 0 Å². The van der Waals surface area contributed by atoms with Crippen LogP contribution in [0, 0.1) is 0 Å². The lowest BCUT2D eigenvalue weighted by atomic mass is 10.1. The maximum atomic E-state index is 11.5. The van der Waals surface area contributed by atoms with Gasteiger partial charge in [0, 0.05) is 6.42 Å². The van der Waals surface area contributed by atoms with Gasteiger partial charge in [0.05, 0.1) is 0 Å². The average molecular weight is 271 g/mol. The van der Waals surface area contributed by atoms with Gasteiger partial charge >= 0.3 is 5.97 Å². The molecule has 0 amide bonds. The number of carbonyl (C=O) groups is 1. The summed E-state index contributed by atoms with van der Waals surface area (Å²) >= 11 is 0. The third-order valence-corrected chi connectivity index (χ3v) is 3.36. The molecule has 0 aromatic carbocycles. The molecule has 0 aromatic heterocycles. The van der Waals surface area contributed by atoms with Crippen molar-refractivity contribution in [3.63, 3.8) is 0 Å². The molecule has 2 N–H and O–H groups in total. The Balaban J connectivity index is 3.28. The number of hydrogen-bond donors (Lipinski definition) is 1. The van der Waals surface area contributed by atoms with Gasteiger partial charge in [-0.25, -0.2) is 0 Å².